The van der Waals surface area contributed by atoms with Crippen LogP contribution in [0.5, 0.6) is 0 Å². The number of halogens is 2. The highest BCUT2D eigenvalue weighted by atomic mass is 35.5. The van der Waals surface area contributed by atoms with E-state index in [4.69, 9.17) is 28.2 Å². The van der Waals surface area contributed by atoms with Crippen LogP contribution in [0.3, 0.4) is 0 Å². The van der Waals surface area contributed by atoms with Crippen molar-refractivity contribution in [3.8, 4) is 11.5 Å². The zero-order chi connectivity index (χ0) is 23.5. The van der Waals surface area contributed by atoms with Crippen LogP contribution in [-0.2, 0) is 0 Å². The molecule has 2 N–H and O–H groups in total. The number of hydrogen-bond donors (Lipinski definition) is 2. The van der Waals surface area contributed by atoms with Gasteiger partial charge in [-0.2, -0.15) is 0 Å². The highest BCUT2D eigenvalue weighted by molar-refractivity contribution is 7.80. The van der Waals surface area contributed by atoms with Crippen LogP contribution in [0.4, 0.5) is 10.1 Å². The van der Waals surface area contributed by atoms with Gasteiger partial charge in [-0.15, -0.1) is 0 Å². The molecule has 0 saturated carbocycles. The summed E-state index contributed by atoms with van der Waals surface area (Å²) in [5, 5.41) is 5.71. The standard InChI is InChI=1S/C25H21ClFN3O2S/c1-3-14(2)15-9-11-22-21(12-15)28-24(32-22)16-8-10-18(26)20(13-16)29-25(33)30-23(31)17-6-4-5-7-19(17)27/h4-14H,3H2,1-2H3,(H2,29,30,31,33). The summed E-state index contributed by atoms with van der Waals surface area (Å²) in [6.07, 6.45) is 1.04. The number of thiocarbonyl (C=S) groups is 1. The van der Waals surface area contributed by atoms with Gasteiger partial charge in [-0.05, 0) is 72.6 Å². The Morgan fingerprint density at radius 1 is 1.18 bits per heavy atom. The number of benzene rings is 3. The predicted molar refractivity (Wildman–Crippen MR) is 133 cm³/mol. The van der Waals surface area contributed by atoms with Gasteiger partial charge in [-0.25, -0.2) is 9.37 Å². The summed E-state index contributed by atoms with van der Waals surface area (Å²) < 4.78 is 19.8. The van der Waals surface area contributed by atoms with E-state index in [0.29, 0.717) is 33.7 Å². The van der Waals surface area contributed by atoms with Crippen molar-refractivity contribution < 1.29 is 13.6 Å². The van der Waals surface area contributed by atoms with Gasteiger partial charge in [0.15, 0.2) is 10.7 Å². The van der Waals surface area contributed by atoms with Crippen LogP contribution >= 0.6 is 23.8 Å². The summed E-state index contributed by atoms with van der Waals surface area (Å²) in [5.74, 6) is -0.423. The molecule has 1 aromatic heterocycles. The minimum absolute atomic E-state index is 0.0157. The van der Waals surface area contributed by atoms with E-state index in [2.05, 4.69) is 35.5 Å². The van der Waals surface area contributed by atoms with Gasteiger partial charge in [0.1, 0.15) is 11.3 Å². The Bertz CT molecular complexity index is 1350. The second-order valence-electron chi connectivity index (χ2n) is 7.64. The first-order valence-corrected chi connectivity index (χ1v) is 11.2. The molecule has 1 atom stereocenters. The summed E-state index contributed by atoms with van der Waals surface area (Å²) in [7, 11) is 0. The molecule has 1 unspecified atom stereocenters. The number of nitrogens with zero attached hydrogens (tertiary/aromatic N) is 1. The fourth-order valence-electron chi connectivity index (χ4n) is 3.33. The summed E-state index contributed by atoms with van der Waals surface area (Å²) >= 11 is 11.5. The number of carbonyl (C=O) groups is 1. The molecule has 0 aliphatic carbocycles. The molecule has 0 aliphatic heterocycles. The van der Waals surface area contributed by atoms with Crippen LogP contribution in [0.15, 0.2) is 65.1 Å². The molecule has 0 saturated heterocycles. The molecule has 3 aromatic carbocycles. The smallest absolute Gasteiger partial charge is 0.260 e. The van der Waals surface area contributed by atoms with Crippen molar-refractivity contribution in [3.63, 3.8) is 0 Å². The first kappa shape index (κ1) is 22.9. The lowest BCUT2D eigenvalue weighted by atomic mass is 9.98. The van der Waals surface area contributed by atoms with Crippen molar-refractivity contribution in [1.82, 2.24) is 10.3 Å². The third kappa shape index (κ3) is 5.05. The molecular formula is C25H21ClFN3O2S. The third-order valence-electron chi connectivity index (χ3n) is 5.40. The first-order valence-electron chi connectivity index (χ1n) is 10.4. The van der Waals surface area contributed by atoms with E-state index < -0.39 is 11.7 Å². The molecule has 0 spiro atoms. The van der Waals surface area contributed by atoms with E-state index in [0.717, 1.165) is 11.9 Å². The maximum atomic E-state index is 13.8. The Hall–Kier alpha value is -3.29. The maximum absolute atomic E-state index is 13.8. The van der Waals surface area contributed by atoms with Gasteiger partial charge in [-0.1, -0.05) is 43.6 Å². The average molecular weight is 482 g/mol. The first-order chi connectivity index (χ1) is 15.9. The molecule has 4 rings (SSSR count). The predicted octanol–water partition coefficient (Wildman–Crippen LogP) is 6.93. The molecule has 8 heteroatoms. The number of amides is 1. The number of carbonyl (C=O) groups excluding carboxylic acids is 1. The van der Waals surface area contributed by atoms with Gasteiger partial charge in [0.05, 0.1) is 16.3 Å². The summed E-state index contributed by atoms with van der Waals surface area (Å²) in [4.78, 5) is 16.9. The minimum atomic E-state index is -0.658. The zero-order valence-electron chi connectivity index (χ0n) is 18.0. The van der Waals surface area contributed by atoms with Crippen molar-refractivity contribution in [3.05, 3.63) is 82.6 Å². The molecule has 4 aromatic rings. The average Bonchev–Trinajstić information content (AvgIpc) is 3.23. The Morgan fingerprint density at radius 2 is 1.97 bits per heavy atom. The van der Waals surface area contributed by atoms with E-state index >= 15 is 0 Å². The molecule has 0 fully saturated rings. The van der Waals surface area contributed by atoms with Crippen LogP contribution in [0.1, 0.15) is 42.1 Å². The zero-order valence-corrected chi connectivity index (χ0v) is 19.6. The Labute approximate surface area is 201 Å². The van der Waals surface area contributed by atoms with Gasteiger partial charge in [0, 0.05) is 5.56 Å². The van der Waals surface area contributed by atoms with Gasteiger partial charge < -0.3 is 9.73 Å². The SMILES string of the molecule is CCC(C)c1ccc2oc(-c3ccc(Cl)c(NC(=S)NC(=O)c4ccccc4F)c3)nc2c1. The molecular weight excluding hydrogens is 461 g/mol. The van der Waals surface area contributed by atoms with Crippen LogP contribution in [-0.4, -0.2) is 16.0 Å². The lowest BCUT2D eigenvalue weighted by Gasteiger charge is -2.12. The lowest BCUT2D eigenvalue weighted by Crippen LogP contribution is -2.34. The quantitative estimate of drug-likeness (QED) is 0.302. The number of nitrogens with one attached hydrogen (secondary N) is 2. The monoisotopic (exact) mass is 481 g/mol. The lowest BCUT2D eigenvalue weighted by molar-refractivity contribution is 0.0974. The highest BCUT2D eigenvalue weighted by Gasteiger charge is 2.15. The van der Waals surface area contributed by atoms with Crippen molar-refractivity contribution in [2.75, 3.05) is 5.32 Å². The Morgan fingerprint density at radius 3 is 2.73 bits per heavy atom. The molecule has 33 heavy (non-hydrogen) atoms. The Balaban J connectivity index is 1.55. The number of anilines is 1. The van der Waals surface area contributed by atoms with Crippen molar-refractivity contribution >= 4 is 51.6 Å². The number of oxazole rings is 1. The van der Waals surface area contributed by atoms with E-state index in [1.54, 1.807) is 24.3 Å². The third-order valence-corrected chi connectivity index (χ3v) is 5.93. The fraction of sp³-hybridized carbons (Fsp3) is 0.160. The Kier molecular flexibility index (Phi) is 6.72. The van der Waals surface area contributed by atoms with E-state index in [9.17, 15) is 9.18 Å². The second-order valence-corrected chi connectivity index (χ2v) is 8.45. The molecule has 1 amide bonds. The molecule has 168 valence electrons. The van der Waals surface area contributed by atoms with E-state index in [1.807, 2.05) is 12.1 Å². The van der Waals surface area contributed by atoms with E-state index in [-0.39, 0.29) is 10.7 Å². The summed E-state index contributed by atoms with van der Waals surface area (Å²) in [6.45, 7) is 4.32. The van der Waals surface area contributed by atoms with Gasteiger partial charge >= 0.3 is 0 Å². The van der Waals surface area contributed by atoms with Gasteiger partial charge in [0.25, 0.3) is 5.91 Å². The minimum Gasteiger partial charge on any atom is -0.436 e. The molecule has 0 radical (unpaired) electrons. The van der Waals surface area contributed by atoms with E-state index in [1.165, 1.54) is 23.8 Å². The summed E-state index contributed by atoms with van der Waals surface area (Å²) in [6, 6.07) is 16.9. The van der Waals surface area contributed by atoms with Crippen LogP contribution in [0.2, 0.25) is 5.02 Å². The number of aromatic nitrogens is 1. The molecule has 1 heterocycles. The molecule has 0 bridgehead atoms. The van der Waals surface area contributed by atoms with Gasteiger partial charge in [-0.3, -0.25) is 10.1 Å². The maximum Gasteiger partial charge on any atom is 0.260 e. The van der Waals surface area contributed by atoms with Gasteiger partial charge in [0.2, 0.25) is 5.89 Å². The summed E-state index contributed by atoms with van der Waals surface area (Å²) in [5.41, 5.74) is 3.71. The largest absolute Gasteiger partial charge is 0.436 e. The number of fused-ring (bicyclic) bond motifs is 1. The second kappa shape index (κ2) is 9.68. The topological polar surface area (TPSA) is 67.2 Å². The van der Waals surface area contributed by atoms with Crippen LogP contribution < -0.4 is 10.6 Å². The van der Waals surface area contributed by atoms with Crippen molar-refractivity contribution in [2.45, 2.75) is 26.2 Å². The normalized spacial score (nSPS) is 11.9. The van der Waals surface area contributed by atoms with Crippen molar-refractivity contribution in [1.29, 1.82) is 0 Å². The number of rotatable bonds is 5. The highest BCUT2D eigenvalue weighted by Crippen LogP contribution is 2.31. The fourth-order valence-corrected chi connectivity index (χ4v) is 3.70. The van der Waals surface area contributed by atoms with Crippen LogP contribution in [0, 0.1) is 5.82 Å². The number of hydrogen-bond acceptors (Lipinski definition) is 4. The molecule has 5 nitrogen and oxygen atoms in total. The molecule has 0 aliphatic rings. The van der Waals surface area contributed by atoms with Crippen LogP contribution in [0.25, 0.3) is 22.6 Å². The van der Waals surface area contributed by atoms with Crippen molar-refractivity contribution in [2.24, 2.45) is 0 Å².